The van der Waals surface area contributed by atoms with Crippen molar-refractivity contribution in [1.82, 2.24) is 16.0 Å². The molecule has 156 valence electrons. The lowest BCUT2D eigenvalue weighted by molar-refractivity contribution is 0.0963. The van der Waals surface area contributed by atoms with Gasteiger partial charge in [-0.1, -0.05) is 40.2 Å². The number of guanidine groups is 1. The number of benzene rings is 2. The lowest BCUT2D eigenvalue weighted by Gasteiger charge is -2.19. The van der Waals surface area contributed by atoms with Crippen LogP contribution in [-0.2, 0) is 12.0 Å². The van der Waals surface area contributed by atoms with Crippen molar-refractivity contribution in [3.05, 3.63) is 69.7 Å². The van der Waals surface area contributed by atoms with Gasteiger partial charge in [-0.3, -0.25) is 4.79 Å². The molecule has 3 N–H and O–H groups in total. The minimum absolute atomic E-state index is 0. The molecule has 2 aromatic rings. The molecule has 1 aliphatic carbocycles. The van der Waals surface area contributed by atoms with Gasteiger partial charge in [0.15, 0.2) is 5.96 Å². The van der Waals surface area contributed by atoms with E-state index in [0.717, 1.165) is 29.1 Å². The number of carbonyl (C=O) groups is 1. The molecule has 5 nitrogen and oxygen atoms in total. The molecule has 0 unspecified atom stereocenters. The Labute approximate surface area is 198 Å². The van der Waals surface area contributed by atoms with Gasteiger partial charge >= 0.3 is 0 Å². The van der Waals surface area contributed by atoms with Gasteiger partial charge in [-0.15, -0.1) is 24.0 Å². The minimum Gasteiger partial charge on any atom is -0.357 e. The first kappa shape index (κ1) is 23.7. The number of hydrogen-bond acceptors (Lipinski definition) is 2. The van der Waals surface area contributed by atoms with Crippen molar-refractivity contribution >= 4 is 51.8 Å². The van der Waals surface area contributed by atoms with Crippen LogP contribution in [0.5, 0.6) is 0 Å². The number of carbonyl (C=O) groups excluding carboxylic acids is 1. The summed E-state index contributed by atoms with van der Waals surface area (Å²) in [6.45, 7) is 4.31. The van der Waals surface area contributed by atoms with Crippen molar-refractivity contribution in [1.29, 1.82) is 0 Å². The maximum atomic E-state index is 11.6. The van der Waals surface area contributed by atoms with Crippen molar-refractivity contribution in [2.45, 2.75) is 31.7 Å². The number of halogens is 2. The van der Waals surface area contributed by atoms with Crippen LogP contribution < -0.4 is 16.0 Å². The Morgan fingerprint density at radius 2 is 1.86 bits per heavy atom. The fraction of sp³-hybridized carbons (Fsp3) is 0.364. The van der Waals surface area contributed by atoms with Crippen LogP contribution in [0.1, 0.15) is 41.3 Å². The molecule has 7 heteroatoms. The zero-order valence-corrected chi connectivity index (χ0v) is 20.7. The van der Waals surface area contributed by atoms with E-state index < -0.39 is 0 Å². The van der Waals surface area contributed by atoms with Crippen LogP contribution in [0, 0.1) is 0 Å². The van der Waals surface area contributed by atoms with Gasteiger partial charge in [-0.25, -0.2) is 4.99 Å². The highest BCUT2D eigenvalue weighted by molar-refractivity contribution is 14.0. The standard InChI is InChI=1S/C22H27BrN4O.HI/c1-3-25-21(26-14-16-7-9-17(10-8-16)20(28)24-2)27-15-22(11-12-22)18-5-4-6-19(23)13-18;/h4-10,13H,3,11-12,14-15H2,1-2H3,(H,24,28)(H2,25,26,27);1H. The fourth-order valence-electron chi connectivity index (χ4n) is 3.21. The van der Waals surface area contributed by atoms with Crippen LogP contribution in [0.4, 0.5) is 0 Å². The molecule has 0 radical (unpaired) electrons. The summed E-state index contributed by atoms with van der Waals surface area (Å²) in [6, 6.07) is 16.1. The van der Waals surface area contributed by atoms with Crippen molar-refractivity contribution in [2.75, 3.05) is 20.1 Å². The quantitative estimate of drug-likeness (QED) is 0.265. The van der Waals surface area contributed by atoms with E-state index in [0.29, 0.717) is 12.1 Å². The second kappa shape index (κ2) is 11.0. The Kier molecular flexibility index (Phi) is 8.95. The highest BCUT2D eigenvalue weighted by Crippen LogP contribution is 2.48. The molecule has 0 bridgehead atoms. The second-order valence-corrected chi connectivity index (χ2v) is 8.03. The number of hydrogen-bond donors (Lipinski definition) is 3. The van der Waals surface area contributed by atoms with Gasteiger partial charge < -0.3 is 16.0 Å². The molecule has 1 aliphatic rings. The monoisotopic (exact) mass is 570 g/mol. The van der Waals surface area contributed by atoms with Crippen molar-refractivity contribution in [3.63, 3.8) is 0 Å². The summed E-state index contributed by atoms with van der Waals surface area (Å²) in [5.41, 5.74) is 3.30. The van der Waals surface area contributed by atoms with Crippen LogP contribution in [0.25, 0.3) is 0 Å². The summed E-state index contributed by atoms with van der Waals surface area (Å²) in [5.74, 6) is 0.742. The van der Waals surface area contributed by atoms with Gasteiger partial charge in [0.2, 0.25) is 0 Å². The molecule has 0 aliphatic heterocycles. The number of amides is 1. The predicted octanol–water partition coefficient (Wildman–Crippen LogP) is 4.21. The molecule has 1 saturated carbocycles. The van der Waals surface area contributed by atoms with E-state index in [9.17, 15) is 4.79 Å². The lowest BCUT2D eigenvalue weighted by atomic mass is 9.96. The molecule has 1 fully saturated rings. The van der Waals surface area contributed by atoms with E-state index in [1.54, 1.807) is 7.05 Å². The smallest absolute Gasteiger partial charge is 0.251 e. The first-order valence-corrected chi connectivity index (χ1v) is 10.4. The van der Waals surface area contributed by atoms with Crippen molar-refractivity contribution in [2.24, 2.45) is 4.99 Å². The molecule has 0 atom stereocenters. The van der Waals surface area contributed by atoms with E-state index in [1.165, 1.54) is 18.4 Å². The average Bonchev–Trinajstić information content (AvgIpc) is 3.51. The first-order chi connectivity index (χ1) is 13.6. The summed E-state index contributed by atoms with van der Waals surface area (Å²) < 4.78 is 1.12. The van der Waals surface area contributed by atoms with E-state index in [1.807, 2.05) is 24.3 Å². The van der Waals surface area contributed by atoms with Crippen LogP contribution in [0.15, 0.2) is 58.0 Å². The lowest BCUT2D eigenvalue weighted by Crippen LogP contribution is -2.41. The van der Waals surface area contributed by atoms with Gasteiger partial charge in [0, 0.05) is 35.6 Å². The zero-order chi connectivity index (χ0) is 20.0. The molecular formula is C22H28BrIN4O. The van der Waals surface area contributed by atoms with E-state index in [-0.39, 0.29) is 35.3 Å². The molecule has 0 saturated heterocycles. The van der Waals surface area contributed by atoms with Gasteiger partial charge in [-0.2, -0.15) is 0 Å². The predicted molar refractivity (Wildman–Crippen MR) is 133 cm³/mol. The van der Waals surface area contributed by atoms with Gasteiger partial charge in [0.1, 0.15) is 0 Å². The van der Waals surface area contributed by atoms with E-state index in [2.05, 4.69) is 63.1 Å². The molecule has 0 spiro atoms. The summed E-state index contributed by atoms with van der Waals surface area (Å²) >= 11 is 3.58. The third-order valence-electron chi connectivity index (χ3n) is 5.09. The Morgan fingerprint density at radius 1 is 1.14 bits per heavy atom. The van der Waals surface area contributed by atoms with E-state index in [4.69, 9.17) is 4.99 Å². The molecule has 1 amide bonds. The van der Waals surface area contributed by atoms with Crippen LogP contribution in [0.2, 0.25) is 0 Å². The minimum atomic E-state index is -0.0765. The highest BCUT2D eigenvalue weighted by Gasteiger charge is 2.44. The second-order valence-electron chi connectivity index (χ2n) is 7.12. The summed E-state index contributed by atoms with van der Waals surface area (Å²) in [7, 11) is 1.63. The van der Waals surface area contributed by atoms with Gasteiger partial charge in [-0.05, 0) is 55.2 Å². The fourth-order valence-corrected chi connectivity index (χ4v) is 3.61. The number of rotatable bonds is 7. The third kappa shape index (κ3) is 6.44. The molecular weight excluding hydrogens is 543 g/mol. The average molecular weight is 571 g/mol. The molecule has 2 aromatic carbocycles. The molecule has 0 aromatic heterocycles. The summed E-state index contributed by atoms with van der Waals surface area (Å²) in [6.07, 6.45) is 2.38. The third-order valence-corrected chi connectivity index (χ3v) is 5.59. The number of nitrogens with zero attached hydrogens (tertiary/aromatic N) is 1. The van der Waals surface area contributed by atoms with Crippen molar-refractivity contribution < 1.29 is 4.79 Å². The Hall–Kier alpha value is -1.61. The number of aliphatic imine (C=N–C) groups is 1. The first-order valence-electron chi connectivity index (χ1n) is 9.65. The van der Waals surface area contributed by atoms with Crippen LogP contribution >= 0.6 is 39.9 Å². The Balaban J connectivity index is 0.00000300. The van der Waals surface area contributed by atoms with Crippen LogP contribution in [0.3, 0.4) is 0 Å². The van der Waals surface area contributed by atoms with Crippen LogP contribution in [-0.4, -0.2) is 32.0 Å². The molecule has 0 heterocycles. The molecule has 29 heavy (non-hydrogen) atoms. The SMILES string of the molecule is CCNC(=NCc1ccc(C(=O)NC)cc1)NCC1(c2cccc(Br)c2)CC1.I. The van der Waals surface area contributed by atoms with Gasteiger partial charge in [0.05, 0.1) is 6.54 Å². The number of nitrogens with one attached hydrogen (secondary N) is 3. The summed E-state index contributed by atoms with van der Waals surface area (Å²) in [4.78, 5) is 16.3. The molecule has 3 rings (SSSR count). The topological polar surface area (TPSA) is 65.5 Å². The maximum Gasteiger partial charge on any atom is 0.251 e. The van der Waals surface area contributed by atoms with Gasteiger partial charge in [0.25, 0.3) is 5.91 Å². The normalized spacial score (nSPS) is 14.5. The van der Waals surface area contributed by atoms with Crippen molar-refractivity contribution in [3.8, 4) is 0 Å². The largest absolute Gasteiger partial charge is 0.357 e. The Morgan fingerprint density at radius 3 is 2.45 bits per heavy atom. The maximum absolute atomic E-state index is 11.6. The zero-order valence-electron chi connectivity index (χ0n) is 16.8. The highest BCUT2D eigenvalue weighted by atomic mass is 127. The Bertz CT molecular complexity index is 850. The van der Waals surface area contributed by atoms with E-state index >= 15 is 0 Å². The summed E-state index contributed by atoms with van der Waals surface area (Å²) in [5, 5.41) is 9.46.